The number of nitrogen functional groups attached to an aromatic ring is 1. The number of ether oxygens (including phenoxy) is 1. The van der Waals surface area contributed by atoms with Crippen LogP contribution in [0, 0.1) is 5.92 Å². The van der Waals surface area contributed by atoms with E-state index < -0.39 is 0 Å². The van der Waals surface area contributed by atoms with Crippen molar-refractivity contribution in [3.8, 4) is 0 Å². The highest BCUT2D eigenvalue weighted by Crippen LogP contribution is 2.30. The molecule has 1 aliphatic carbocycles. The first-order valence-corrected chi connectivity index (χ1v) is 7.47. The molecule has 0 aromatic heterocycles. The SMILES string of the molecule is Nc1ccc(CN(CC2CCOCC2)C2CC2)cc1. The van der Waals surface area contributed by atoms with E-state index >= 15 is 0 Å². The Hall–Kier alpha value is -1.06. The van der Waals surface area contributed by atoms with E-state index in [1.807, 2.05) is 12.1 Å². The van der Waals surface area contributed by atoms with Crippen LogP contribution in [-0.4, -0.2) is 30.7 Å². The van der Waals surface area contributed by atoms with Gasteiger partial charge in [-0.05, 0) is 49.3 Å². The predicted molar refractivity (Wildman–Crippen MR) is 77.8 cm³/mol. The van der Waals surface area contributed by atoms with Crippen molar-refractivity contribution in [3.63, 3.8) is 0 Å². The third kappa shape index (κ3) is 3.71. The second-order valence-electron chi connectivity index (χ2n) is 5.96. The maximum absolute atomic E-state index is 5.75. The summed E-state index contributed by atoms with van der Waals surface area (Å²) in [4.78, 5) is 2.67. The molecule has 0 spiro atoms. The van der Waals surface area contributed by atoms with Crippen LogP contribution in [0.5, 0.6) is 0 Å². The Morgan fingerprint density at radius 1 is 1.05 bits per heavy atom. The lowest BCUT2D eigenvalue weighted by atomic mass is 9.99. The molecule has 0 atom stereocenters. The summed E-state index contributed by atoms with van der Waals surface area (Å²) in [5, 5.41) is 0. The minimum absolute atomic E-state index is 0.820. The van der Waals surface area contributed by atoms with Gasteiger partial charge in [0.1, 0.15) is 0 Å². The molecule has 2 fully saturated rings. The Morgan fingerprint density at radius 2 is 1.74 bits per heavy atom. The van der Waals surface area contributed by atoms with Crippen molar-refractivity contribution in [1.29, 1.82) is 0 Å². The minimum Gasteiger partial charge on any atom is -0.399 e. The normalized spacial score (nSPS) is 20.9. The van der Waals surface area contributed by atoms with Crippen molar-refractivity contribution in [2.45, 2.75) is 38.3 Å². The van der Waals surface area contributed by atoms with E-state index in [2.05, 4.69) is 17.0 Å². The molecule has 0 unspecified atom stereocenters. The van der Waals surface area contributed by atoms with Gasteiger partial charge in [-0.2, -0.15) is 0 Å². The van der Waals surface area contributed by atoms with Gasteiger partial charge >= 0.3 is 0 Å². The molecule has 0 bridgehead atoms. The van der Waals surface area contributed by atoms with Crippen molar-refractivity contribution in [2.75, 3.05) is 25.5 Å². The van der Waals surface area contributed by atoms with E-state index in [1.165, 1.54) is 37.8 Å². The number of hydrogen-bond acceptors (Lipinski definition) is 3. The summed E-state index contributed by atoms with van der Waals surface area (Å²) in [6.07, 6.45) is 5.20. The smallest absolute Gasteiger partial charge is 0.0469 e. The lowest BCUT2D eigenvalue weighted by Gasteiger charge is -2.30. The molecule has 1 aliphatic heterocycles. The fraction of sp³-hybridized carbons (Fsp3) is 0.625. The second-order valence-corrected chi connectivity index (χ2v) is 5.96. The van der Waals surface area contributed by atoms with Crippen LogP contribution in [-0.2, 0) is 11.3 Å². The van der Waals surface area contributed by atoms with Crippen LogP contribution in [0.25, 0.3) is 0 Å². The van der Waals surface area contributed by atoms with Crippen LogP contribution < -0.4 is 5.73 Å². The first-order valence-electron chi connectivity index (χ1n) is 7.47. The highest BCUT2D eigenvalue weighted by atomic mass is 16.5. The Balaban J connectivity index is 1.59. The molecule has 3 heteroatoms. The average Bonchev–Trinajstić information content (AvgIpc) is 3.26. The number of benzene rings is 1. The number of rotatable bonds is 5. The summed E-state index contributed by atoms with van der Waals surface area (Å²) in [5.74, 6) is 0.822. The highest BCUT2D eigenvalue weighted by molar-refractivity contribution is 5.39. The Labute approximate surface area is 115 Å². The summed E-state index contributed by atoms with van der Waals surface area (Å²) < 4.78 is 5.46. The van der Waals surface area contributed by atoms with Crippen molar-refractivity contribution in [2.24, 2.45) is 5.92 Å². The third-order valence-corrected chi connectivity index (χ3v) is 4.26. The molecular weight excluding hydrogens is 236 g/mol. The second kappa shape index (κ2) is 5.93. The molecule has 3 nitrogen and oxygen atoms in total. The average molecular weight is 260 g/mol. The fourth-order valence-electron chi connectivity index (χ4n) is 2.90. The van der Waals surface area contributed by atoms with Gasteiger partial charge in [-0.25, -0.2) is 0 Å². The minimum atomic E-state index is 0.820. The van der Waals surface area contributed by atoms with Gasteiger partial charge in [0.15, 0.2) is 0 Å². The van der Waals surface area contributed by atoms with Crippen molar-refractivity contribution < 1.29 is 4.74 Å². The van der Waals surface area contributed by atoms with Crippen molar-refractivity contribution in [3.05, 3.63) is 29.8 Å². The molecule has 2 N–H and O–H groups in total. The van der Waals surface area contributed by atoms with Gasteiger partial charge in [0.2, 0.25) is 0 Å². The lowest BCUT2D eigenvalue weighted by molar-refractivity contribution is 0.0501. The van der Waals surface area contributed by atoms with Crippen molar-refractivity contribution in [1.82, 2.24) is 4.90 Å². The van der Waals surface area contributed by atoms with Gasteiger partial charge in [0, 0.05) is 38.0 Å². The monoisotopic (exact) mass is 260 g/mol. The van der Waals surface area contributed by atoms with Gasteiger partial charge in [-0.3, -0.25) is 4.90 Å². The van der Waals surface area contributed by atoms with Gasteiger partial charge in [-0.15, -0.1) is 0 Å². The van der Waals surface area contributed by atoms with E-state index in [0.717, 1.165) is 37.4 Å². The summed E-state index contributed by atoms with van der Waals surface area (Å²) in [7, 11) is 0. The van der Waals surface area contributed by atoms with Crippen molar-refractivity contribution >= 4 is 5.69 Å². The Morgan fingerprint density at radius 3 is 2.37 bits per heavy atom. The van der Waals surface area contributed by atoms with Gasteiger partial charge in [0.05, 0.1) is 0 Å². The van der Waals surface area contributed by atoms with Crippen LogP contribution in [0.2, 0.25) is 0 Å². The fourth-order valence-corrected chi connectivity index (χ4v) is 2.90. The topological polar surface area (TPSA) is 38.5 Å². The molecule has 104 valence electrons. The third-order valence-electron chi connectivity index (χ3n) is 4.26. The van der Waals surface area contributed by atoms with Crippen LogP contribution in [0.4, 0.5) is 5.69 Å². The molecule has 1 aromatic carbocycles. The zero-order valence-electron chi connectivity index (χ0n) is 11.6. The number of nitrogens with zero attached hydrogens (tertiary/aromatic N) is 1. The molecule has 0 amide bonds. The molecule has 19 heavy (non-hydrogen) atoms. The molecule has 1 saturated heterocycles. The molecule has 3 rings (SSSR count). The van der Waals surface area contributed by atoms with Gasteiger partial charge in [-0.1, -0.05) is 12.1 Å². The number of anilines is 1. The molecule has 2 aliphatic rings. The predicted octanol–water partition coefficient (Wildman–Crippen LogP) is 2.66. The zero-order valence-corrected chi connectivity index (χ0v) is 11.6. The first kappa shape index (κ1) is 12.9. The molecular formula is C16H24N2O. The molecule has 1 heterocycles. The van der Waals surface area contributed by atoms with E-state index in [1.54, 1.807) is 0 Å². The Bertz CT molecular complexity index is 394. The number of hydrogen-bond donors (Lipinski definition) is 1. The van der Waals surface area contributed by atoms with E-state index in [9.17, 15) is 0 Å². The molecule has 1 saturated carbocycles. The maximum Gasteiger partial charge on any atom is 0.0469 e. The van der Waals surface area contributed by atoms with Crippen LogP contribution in [0.1, 0.15) is 31.2 Å². The lowest BCUT2D eigenvalue weighted by Crippen LogP contribution is -2.33. The summed E-state index contributed by atoms with van der Waals surface area (Å²) in [5.41, 5.74) is 7.99. The maximum atomic E-state index is 5.75. The summed E-state index contributed by atoms with van der Waals surface area (Å²) in [6.45, 7) is 4.21. The Kier molecular flexibility index (Phi) is 4.04. The largest absolute Gasteiger partial charge is 0.399 e. The zero-order chi connectivity index (χ0) is 13.1. The quantitative estimate of drug-likeness (QED) is 0.827. The highest BCUT2D eigenvalue weighted by Gasteiger charge is 2.30. The standard InChI is InChI=1S/C16H24N2O/c17-15-3-1-13(2-4-15)11-18(16-5-6-16)12-14-7-9-19-10-8-14/h1-4,14,16H,5-12,17H2. The van der Waals surface area contributed by atoms with E-state index in [4.69, 9.17) is 10.5 Å². The van der Waals surface area contributed by atoms with Gasteiger partial charge in [0.25, 0.3) is 0 Å². The first-order chi connectivity index (χ1) is 9.31. The summed E-state index contributed by atoms with van der Waals surface area (Å²) in [6, 6.07) is 9.16. The van der Waals surface area contributed by atoms with Gasteiger partial charge < -0.3 is 10.5 Å². The summed E-state index contributed by atoms with van der Waals surface area (Å²) >= 11 is 0. The molecule has 0 radical (unpaired) electrons. The van der Waals surface area contributed by atoms with Crippen LogP contribution >= 0.6 is 0 Å². The molecule has 1 aromatic rings. The van der Waals surface area contributed by atoms with Crippen LogP contribution in [0.15, 0.2) is 24.3 Å². The van der Waals surface area contributed by atoms with Crippen LogP contribution in [0.3, 0.4) is 0 Å². The number of nitrogens with two attached hydrogens (primary N) is 1. The van der Waals surface area contributed by atoms with E-state index in [0.29, 0.717) is 0 Å². The van der Waals surface area contributed by atoms with E-state index in [-0.39, 0.29) is 0 Å².